The second-order valence-electron chi connectivity index (χ2n) is 3.99. The van der Waals surface area contributed by atoms with Crippen molar-refractivity contribution in [1.82, 2.24) is 9.88 Å². The van der Waals surface area contributed by atoms with Crippen molar-refractivity contribution < 1.29 is 9.90 Å². The van der Waals surface area contributed by atoms with E-state index in [1.807, 2.05) is 0 Å². The zero-order chi connectivity index (χ0) is 14.4. The molecule has 19 heavy (non-hydrogen) atoms. The number of nitrogens with zero attached hydrogens (tertiary/aromatic N) is 2. The number of Topliss-reactive ketones (excluding diaryl/α,β-unsaturated/α-hetero) is 1. The molecular formula is C14H15ClN2O2. The smallest absolute Gasteiger partial charge is 0.229 e. The number of aliphatic hydroxyl groups is 1. The van der Waals surface area contributed by atoms with Gasteiger partial charge in [-0.15, -0.1) is 0 Å². The van der Waals surface area contributed by atoms with Crippen molar-refractivity contribution in [3.8, 4) is 0 Å². The molecule has 1 aromatic heterocycles. The minimum atomic E-state index is -0.502. The molecule has 1 aromatic rings. The topological polar surface area (TPSA) is 53.4 Å². The van der Waals surface area contributed by atoms with Crippen LogP contribution in [0, 0.1) is 0 Å². The lowest BCUT2D eigenvalue weighted by molar-refractivity contribution is -0.112. The van der Waals surface area contributed by atoms with E-state index in [2.05, 4.69) is 11.6 Å². The summed E-state index contributed by atoms with van der Waals surface area (Å²) in [5.74, 6) is -0.879. The summed E-state index contributed by atoms with van der Waals surface area (Å²) in [6.45, 7) is 3.44. The first-order chi connectivity index (χ1) is 8.95. The number of rotatable bonds is 5. The third-order valence-corrected chi connectivity index (χ3v) is 2.40. The molecule has 5 heteroatoms. The summed E-state index contributed by atoms with van der Waals surface area (Å²) in [6, 6.07) is 3.26. The zero-order valence-electron chi connectivity index (χ0n) is 10.8. The van der Waals surface area contributed by atoms with E-state index in [-0.39, 0.29) is 5.76 Å². The number of halogens is 1. The number of ketones is 1. The Balaban J connectivity index is 3.23. The molecule has 1 N–H and O–H groups in total. The molecule has 0 aliphatic carbocycles. The number of aliphatic hydroxyl groups excluding tert-OH is 1. The predicted octanol–water partition coefficient (Wildman–Crippen LogP) is 2.83. The summed E-state index contributed by atoms with van der Waals surface area (Å²) < 4.78 is 0. The van der Waals surface area contributed by atoms with Crippen LogP contribution in [0.25, 0.3) is 5.57 Å². The summed E-state index contributed by atoms with van der Waals surface area (Å²) in [5.41, 5.74) is 0.900. The van der Waals surface area contributed by atoms with Crippen LogP contribution in [0.4, 0.5) is 0 Å². The van der Waals surface area contributed by atoms with Gasteiger partial charge in [0.15, 0.2) is 5.76 Å². The number of carbonyl (C=O) groups excluding carboxylic acids is 1. The van der Waals surface area contributed by atoms with Crippen LogP contribution in [0.1, 0.15) is 5.56 Å². The molecule has 0 aliphatic heterocycles. The lowest BCUT2D eigenvalue weighted by Gasteiger charge is -2.11. The second kappa shape index (κ2) is 6.75. The van der Waals surface area contributed by atoms with E-state index < -0.39 is 5.78 Å². The molecule has 0 saturated carbocycles. The highest BCUT2D eigenvalue weighted by molar-refractivity contribution is 6.30. The first-order valence-electron chi connectivity index (χ1n) is 5.52. The van der Waals surface area contributed by atoms with Gasteiger partial charge in [0.05, 0.1) is 5.57 Å². The molecule has 0 bridgehead atoms. The Labute approximate surface area is 117 Å². The highest BCUT2D eigenvalue weighted by Crippen LogP contribution is 2.19. The standard InChI is InChI=1S/C14H15ClN2O2/c1-4-5-12(18)14(19)11(9-17(2)3)10-6-7-13(15)16-8-10/h4-9,18H,1H2,2-3H3/b11-9+,12-5-. The van der Waals surface area contributed by atoms with Crippen LogP contribution in [0.5, 0.6) is 0 Å². The number of allylic oxidation sites excluding steroid dienone is 3. The molecule has 0 fully saturated rings. The summed E-state index contributed by atoms with van der Waals surface area (Å²) in [5, 5.41) is 9.99. The molecule has 0 radical (unpaired) electrons. The van der Waals surface area contributed by atoms with E-state index >= 15 is 0 Å². The lowest BCUT2D eigenvalue weighted by Crippen LogP contribution is -2.11. The molecule has 0 unspecified atom stereocenters. The van der Waals surface area contributed by atoms with Gasteiger partial charge in [0, 0.05) is 32.1 Å². The Kier molecular flexibility index (Phi) is 5.33. The lowest BCUT2D eigenvalue weighted by atomic mass is 10.0. The fourth-order valence-electron chi connectivity index (χ4n) is 1.38. The van der Waals surface area contributed by atoms with E-state index in [0.717, 1.165) is 0 Å². The maximum Gasteiger partial charge on any atom is 0.229 e. The van der Waals surface area contributed by atoms with Gasteiger partial charge < -0.3 is 10.0 Å². The first-order valence-corrected chi connectivity index (χ1v) is 5.90. The number of aromatic nitrogens is 1. The Bertz CT molecular complexity index is 531. The van der Waals surface area contributed by atoms with Gasteiger partial charge in [-0.05, 0) is 18.2 Å². The van der Waals surface area contributed by atoms with E-state index in [1.165, 1.54) is 18.3 Å². The highest BCUT2D eigenvalue weighted by Gasteiger charge is 2.16. The minimum Gasteiger partial charge on any atom is -0.504 e. The molecule has 0 atom stereocenters. The zero-order valence-corrected chi connectivity index (χ0v) is 11.6. The van der Waals surface area contributed by atoms with Crippen molar-refractivity contribution in [3.63, 3.8) is 0 Å². The molecule has 4 nitrogen and oxygen atoms in total. The molecule has 1 rings (SSSR count). The Morgan fingerprint density at radius 1 is 1.47 bits per heavy atom. The van der Waals surface area contributed by atoms with E-state index in [4.69, 9.17) is 11.6 Å². The molecule has 0 spiro atoms. The fourth-order valence-corrected chi connectivity index (χ4v) is 1.49. The molecule has 1 heterocycles. The van der Waals surface area contributed by atoms with Gasteiger partial charge in [-0.25, -0.2) is 4.98 Å². The number of hydrogen-bond donors (Lipinski definition) is 1. The number of hydrogen-bond acceptors (Lipinski definition) is 4. The van der Waals surface area contributed by atoms with E-state index in [1.54, 1.807) is 37.3 Å². The third kappa shape index (κ3) is 4.26. The first kappa shape index (κ1) is 15.0. The Morgan fingerprint density at radius 2 is 2.16 bits per heavy atom. The monoisotopic (exact) mass is 278 g/mol. The molecule has 0 saturated heterocycles. The molecule has 0 aliphatic rings. The summed E-state index contributed by atoms with van der Waals surface area (Å²) in [7, 11) is 3.57. The Hall–Kier alpha value is -2.07. The van der Waals surface area contributed by atoms with Gasteiger partial charge in [-0.3, -0.25) is 4.79 Å². The van der Waals surface area contributed by atoms with Gasteiger partial charge in [-0.1, -0.05) is 24.3 Å². The van der Waals surface area contributed by atoms with Crippen molar-refractivity contribution in [2.45, 2.75) is 0 Å². The molecule has 0 aromatic carbocycles. The average molecular weight is 279 g/mol. The number of carbonyl (C=O) groups is 1. The van der Waals surface area contributed by atoms with Crippen molar-refractivity contribution >= 4 is 23.0 Å². The van der Waals surface area contributed by atoms with Crippen molar-refractivity contribution in [3.05, 3.63) is 59.7 Å². The van der Waals surface area contributed by atoms with Crippen molar-refractivity contribution in [1.29, 1.82) is 0 Å². The van der Waals surface area contributed by atoms with Crippen LogP contribution in [0.3, 0.4) is 0 Å². The summed E-state index contributed by atoms with van der Waals surface area (Å²) in [6.07, 6.45) is 5.69. The second-order valence-corrected chi connectivity index (χ2v) is 4.38. The van der Waals surface area contributed by atoms with Gasteiger partial charge in [0.2, 0.25) is 5.78 Å². The van der Waals surface area contributed by atoms with Crippen LogP contribution < -0.4 is 0 Å². The largest absolute Gasteiger partial charge is 0.504 e. The van der Waals surface area contributed by atoms with Crippen LogP contribution in [0.15, 0.2) is 49.0 Å². The normalized spacial score (nSPS) is 12.2. The Morgan fingerprint density at radius 3 is 2.63 bits per heavy atom. The number of pyridine rings is 1. The third-order valence-electron chi connectivity index (χ3n) is 2.18. The maximum atomic E-state index is 12.1. The SMILES string of the molecule is C=C/C=C(\O)C(=O)/C(=C/N(C)C)c1ccc(Cl)nc1. The summed E-state index contributed by atoms with van der Waals surface area (Å²) in [4.78, 5) is 17.8. The van der Waals surface area contributed by atoms with Crippen LogP contribution in [-0.4, -0.2) is 34.9 Å². The van der Waals surface area contributed by atoms with E-state index in [0.29, 0.717) is 16.3 Å². The minimum absolute atomic E-state index is 0.324. The van der Waals surface area contributed by atoms with Crippen LogP contribution in [-0.2, 0) is 4.79 Å². The van der Waals surface area contributed by atoms with Crippen molar-refractivity contribution in [2.75, 3.05) is 14.1 Å². The average Bonchev–Trinajstić information content (AvgIpc) is 2.36. The van der Waals surface area contributed by atoms with Gasteiger partial charge in [-0.2, -0.15) is 0 Å². The highest BCUT2D eigenvalue weighted by atomic mass is 35.5. The van der Waals surface area contributed by atoms with Crippen molar-refractivity contribution in [2.24, 2.45) is 0 Å². The maximum absolute atomic E-state index is 12.1. The van der Waals surface area contributed by atoms with Gasteiger partial charge >= 0.3 is 0 Å². The predicted molar refractivity (Wildman–Crippen MR) is 76.8 cm³/mol. The molecular weight excluding hydrogens is 264 g/mol. The fraction of sp³-hybridized carbons (Fsp3) is 0.143. The molecule has 100 valence electrons. The van der Waals surface area contributed by atoms with Gasteiger partial charge in [0.1, 0.15) is 5.15 Å². The van der Waals surface area contributed by atoms with E-state index in [9.17, 15) is 9.90 Å². The molecule has 0 amide bonds. The quantitative estimate of drug-likeness (QED) is 0.389. The van der Waals surface area contributed by atoms with Gasteiger partial charge in [0.25, 0.3) is 0 Å². The van der Waals surface area contributed by atoms with Crippen LogP contribution >= 0.6 is 11.6 Å². The summed E-state index contributed by atoms with van der Waals surface area (Å²) >= 11 is 5.71. The van der Waals surface area contributed by atoms with Crippen LogP contribution in [0.2, 0.25) is 5.15 Å².